The van der Waals surface area contributed by atoms with Crippen LogP contribution in [0.2, 0.25) is 0 Å². The molecule has 3 heterocycles. The maximum Gasteiger partial charge on any atom is 0.323 e. The summed E-state index contributed by atoms with van der Waals surface area (Å²) in [7, 11) is 0. The van der Waals surface area contributed by atoms with Crippen LogP contribution in [0.5, 0.6) is 0 Å². The molecule has 1 aromatic carbocycles. The standard InChI is InChI=1S/C21H17BrN2O4S3/c22-8-3-1-7(2-4-8)12-13-9-5-10(16(13)30-18-17(12)31-21(29)23-18)15-14(9)19(27)24(20(15)28)6-11(25)26/h1-4,9-10,12-16H,5-6H2,(H,23,29)(H,25,26). The number of nitrogens with zero attached hydrogens (tertiary/aromatic N) is 1. The van der Waals surface area contributed by atoms with E-state index in [1.165, 1.54) is 10.4 Å². The molecule has 3 fully saturated rings. The highest BCUT2D eigenvalue weighted by molar-refractivity contribution is 9.10. The zero-order valence-corrected chi connectivity index (χ0v) is 20.0. The van der Waals surface area contributed by atoms with E-state index in [4.69, 9.17) is 12.2 Å². The van der Waals surface area contributed by atoms with Gasteiger partial charge in [-0.3, -0.25) is 19.3 Å². The first-order valence-electron chi connectivity index (χ1n) is 10.1. The number of carbonyl (C=O) groups excluding carboxylic acids is 2. The van der Waals surface area contributed by atoms with Gasteiger partial charge in [0.25, 0.3) is 0 Å². The van der Waals surface area contributed by atoms with Crippen LogP contribution in [0, 0.1) is 33.5 Å². The monoisotopic (exact) mass is 536 g/mol. The fourth-order valence-electron chi connectivity index (χ4n) is 6.41. The zero-order valence-electron chi connectivity index (χ0n) is 16.0. The molecule has 10 heteroatoms. The first-order chi connectivity index (χ1) is 14.8. The van der Waals surface area contributed by atoms with Gasteiger partial charge in [0.2, 0.25) is 11.8 Å². The summed E-state index contributed by atoms with van der Waals surface area (Å²) in [5, 5.41) is 10.5. The number of rotatable bonds is 3. The van der Waals surface area contributed by atoms with Crippen molar-refractivity contribution in [3.8, 4) is 0 Å². The summed E-state index contributed by atoms with van der Waals surface area (Å²) >= 11 is 12.3. The van der Waals surface area contributed by atoms with Crippen LogP contribution >= 0.6 is 51.2 Å². The van der Waals surface area contributed by atoms with Gasteiger partial charge in [0.05, 0.1) is 16.9 Å². The van der Waals surface area contributed by atoms with Gasteiger partial charge in [0.1, 0.15) is 6.54 Å². The van der Waals surface area contributed by atoms with E-state index in [-0.39, 0.29) is 46.7 Å². The number of hydrogen-bond donors (Lipinski definition) is 2. The first kappa shape index (κ1) is 20.1. The summed E-state index contributed by atoms with van der Waals surface area (Å²) in [6.07, 6.45) is 0.846. The summed E-state index contributed by atoms with van der Waals surface area (Å²) in [6, 6.07) is 8.31. The van der Waals surface area contributed by atoms with Crippen LogP contribution in [0.15, 0.2) is 33.8 Å². The number of thioether (sulfide) groups is 1. The average Bonchev–Trinajstić information content (AvgIpc) is 3.44. The molecular weight excluding hydrogens is 520 g/mol. The normalized spacial score (nSPS) is 35.3. The minimum Gasteiger partial charge on any atom is -0.480 e. The molecule has 2 aliphatic carbocycles. The number of benzene rings is 1. The maximum absolute atomic E-state index is 13.1. The predicted octanol–water partition coefficient (Wildman–Crippen LogP) is 4.13. The molecule has 1 saturated heterocycles. The van der Waals surface area contributed by atoms with E-state index in [1.807, 2.05) is 12.1 Å². The molecule has 7 atom stereocenters. The Morgan fingerprint density at radius 2 is 1.87 bits per heavy atom. The molecule has 2 saturated carbocycles. The molecule has 2 amide bonds. The number of aromatic nitrogens is 1. The van der Waals surface area contributed by atoms with Gasteiger partial charge in [-0.1, -0.05) is 28.1 Å². The van der Waals surface area contributed by atoms with Gasteiger partial charge >= 0.3 is 5.97 Å². The number of likely N-dealkylation sites (tertiary alicyclic amines) is 1. The molecule has 7 unspecified atom stereocenters. The lowest BCUT2D eigenvalue weighted by atomic mass is 9.68. The Morgan fingerprint density at radius 1 is 1.19 bits per heavy atom. The SMILES string of the molecule is O=C(O)CN1C(=O)C2C3CC(C2C1=O)C1C(c2ccc(Br)cc2)c2sc(=S)[nH]c2SC31. The second-order valence-electron chi connectivity index (χ2n) is 8.67. The van der Waals surface area contributed by atoms with Crippen molar-refractivity contribution in [1.29, 1.82) is 0 Å². The quantitative estimate of drug-likeness (QED) is 0.452. The smallest absolute Gasteiger partial charge is 0.323 e. The van der Waals surface area contributed by atoms with Gasteiger partial charge in [-0.05, 0) is 54.1 Å². The summed E-state index contributed by atoms with van der Waals surface area (Å²) in [6.45, 7) is -0.539. The molecule has 2 bridgehead atoms. The highest BCUT2D eigenvalue weighted by atomic mass is 79.9. The highest BCUT2D eigenvalue weighted by Crippen LogP contribution is 2.68. The Kier molecular flexibility index (Phi) is 4.55. The Labute approximate surface area is 199 Å². The first-order valence-corrected chi connectivity index (χ1v) is 13.0. The second kappa shape index (κ2) is 7.00. The molecule has 160 valence electrons. The lowest BCUT2D eigenvalue weighted by Gasteiger charge is -2.43. The minimum absolute atomic E-state index is 0.0696. The van der Waals surface area contributed by atoms with Gasteiger partial charge in [-0.25, -0.2) is 0 Å². The Bertz CT molecular complexity index is 1190. The molecular formula is C21H17BrN2O4S3. The Hall–Kier alpha value is -1.49. The summed E-state index contributed by atoms with van der Waals surface area (Å²) in [5.41, 5.74) is 1.19. The maximum atomic E-state index is 13.1. The van der Waals surface area contributed by atoms with Crippen LogP contribution in [-0.2, 0) is 14.4 Å². The third-order valence-electron chi connectivity index (χ3n) is 7.34. The summed E-state index contributed by atoms with van der Waals surface area (Å²) in [5.74, 6) is -2.06. The van der Waals surface area contributed by atoms with E-state index in [0.717, 1.165) is 24.8 Å². The van der Waals surface area contributed by atoms with E-state index >= 15 is 0 Å². The lowest BCUT2D eigenvalue weighted by molar-refractivity contribution is -0.149. The van der Waals surface area contributed by atoms with Crippen molar-refractivity contribution in [1.82, 2.24) is 9.88 Å². The molecule has 31 heavy (non-hydrogen) atoms. The summed E-state index contributed by atoms with van der Waals surface area (Å²) < 4.78 is 1.75. The third-order valence-corrected chi connectivity index (χ3v) is 10.8. The largest absolute Gasteiger partial charge is 0.480 e. The summed E-state index contributed by atoms with van der Waals surface area (Å²) in [4.78, 5) is 43.0. The van der Waals surface area contributed by atoms with Crippen molar-refractivity contribution in [2.75, 3.05) is 6.54 Å². The number of amides is 2. The number of aromatic amines is 1. The number of carboxylic acids is 1. The van der Waals surface area contributed by atoms with E-state index in [9.17, 15) is 19.5 Å². The minimum atomic E-state index is -1.15. The van der Waals surface area contributed by atoms with E-state index in [0.29, 0.717) is 0 Å². The van der Waals surface area contributed by atoms with Crippen molar-refractivity contribution < 1.29 is 19.5 Å². The van der Waals surface area contributed by atoms with Crippen LogP contribution < -0.4 is 0 Å². The van der Waals surface area contributed by atoms with Crippen LogP contribution in [0.3, 0.4) is 0 Å². The van der Waals surface area contributed by atoms with Gasteiger partial charge in [0.15, 0.2) is 3.95 Å². The molecule has 2 N–H and O–H groups in total. The Balaban J connectivity index is 1.45. The lowest BCUT2D eigenvalue weighted by Crippen LogP contribution is -2.42. The fraction of sp³-hybridized carbons (Fsp3) is 0.429. The third kappa shape index (κ3) is 2.81. The number of halogens is 1. The molecule has 0 spiro atoms. The molecule has 2 aliphatic heterocycles. The number of aliphatic carboxylic acids is 1. The predicted molar refractivity (Wildman–Crippen MR) is 122 cm³/mol. The number of nitrogens with one attached hydrogen (secondary N) is 1. The van der Waals surface area contributed by atoms with Gasteiger partial charge < -0.3 is 10.1 Å². The number of carbonyl (C=O) groups is 3. The number of fused-ring (bicyclic) bond motifs is 9. The van der Waals surface area contributed by atoms with Crippen molar-refractivity contribution in [2.45, 2.75) is 22.6 Å². The van der Waals surface area contributed by atoms with E-state index in [2.05, 4.69) is 33.0 Å². The van der Waals surface area contributed by atoms with Crippen LogP contribution in [0.4, 0.5) is 0 Å². The second-order valence-corrected chi connectivity index (χ2v) is 12.5. The Morgan fingerprint density at radius 3 is 2.55 bits per heavy atom. The van der Waals surface area contributed by atoms with Crippen molar-refractivity contribution in [2.24, 2.45) is 29.6 Å². The molecule has 2 aromatic rings. The molecule has 1 aromatic heterocycles. The van der Waals surface area contributed by atoms with E-state index < -0.39 is 18.4 Å². The van der Waals surface area contributed by atoms with Crippen molar-refractivity contribution in [3.63, 3.8) is 0 Å². The number of thiazole rings is 1. The van der Waals surface area contributed by atoms with Crippen molar-refractivity contribution >= 4 is 69.0 Å². The van der Waals surface area contributed by atoms with Gasteiger partial charge in [-0.2, -0.15) is 0 Å². The average molecular weight is 537 g/mol. The van der Waals surface area contributed by atoms with E-state index in [1.54, 1.807) is 23.1 Å². The molecule has 6 nitrogen and oxygen atoms in total. The topological polar surface area (TPSA) is 90.5 Å². The molecule has 0 radical (unpaired) electrons. The molecule has 4 aliphatic rings. The van der Waals surface area contributed by atoms with Crippen LogP contribution in [0.25, 0.3) is 0 Å². The van der Waals surface area contributed by atoms with Gasteiger partial charge in [-0.15, -0.1) is 23.1 Å². The number of imide groups is 1. The number of hydrogen-bond acceptors (Lipinski definition) is 6. The number of carboxylic acid groups (broad SMARTS) is 1. The van der Waals surface area contributed by atoms with Crippen LogP contribution in [-0.4, -0.2) is 44.6 Å². The van der Waals surface area contributed by atoms with Crippen LogP contribution in [0.1, 0.15) is 22.8 Å². The number of H-pyrrole nitrogens is 1. The molecule has 6 rings (SSSR count). The fourth-order valence-corrected chi connectivity index (χ4v) is 10.0. The highest BCUT2D eigenvalue weighted by Gasteiger charge is 2.69. The van der Waals surface area contributed by atoms with Crippen molar-refractivity contribution in [3.05, 3.63) is 43.1 Å². The van der Waals surface area contributed by atoms with Gasteiger partial charge in [0, 0.05) is 20.5 Å². The zero-order chi connectivity index (χ0) is 21.6.